The van der Waals surface area contributed by atoms with Crippen LogP contribution in [0, 0.1) is 6.92 Å². The molecule has 142 valence electrons. The van der Waals surface area contributed by atoms with Gasteiger partial charge in [0.25, 0.3) is 5.89 Å². The van der Waals surface area contributed by atoms with Gasteiger partial charge in [-0.3, -0.25) is 4.79 Å². The van der Waals surface area contributed by atoms with Crippen molar-refractivity contribution in [3.05, 3.63) is 65.4 Å². The smallest absolute Gasteiger partial charge is 0.257 e. The highest BCUT2D eigenvalue weighted by molar-refractivity contribution is 7.15. The number of carbonyl (C=O) groups excluding carboxylic acids is 1. The van der Waals surface area contributed by atoms with Crippen LogP contribution < -0.4 is 5.32 Å². The van der Waals surface area contributed by atoms with Gasteiger partial charge in [-0.15, -0.1) is 21.5 Å². The van der Waals surface area contributed by atoms with E-state index >= 15 is 0 Å². The van der Waals surface area contributed by atoms with E-state index in [0.29, 0.717) is 24.7 Å². The fraction of sp³-hybridized carbons (Fsp3) is 0.211. The van der Waals surface area contributed by atoms with Crippen LogP contribution in [0.3, 0.4) is 0 Å². The van der Waals surface area contributed by atoms with Crippen molar-refractivity contribution >= 4 is 17.2 Å². The van der Waals surface area contributed by atoms with Gasteiger partial charge in [-0.2, -0.15) is 5.10 Å². The van der Waals surface area contributed by atoms with Crippen molar-refractivity contribution in [1.82, 2.24) is 30.3 Å². The molecular formula is C19H18N6O2S. The minimum absolute atomic E-state index is 0.0832. The second-order valence-electron chi connectivity index (χ2n) is 6.16. The van der Waals surface area contributed by atoms with E-state index in [1.165, 1.54) is 11.2 Å². The van der Waals surface area contributed by atoms with Crippen molar-refractivity contribution in [2.24, 2.45) is 0 Å². The maximum absolute atomic E-state index is 12.2. The fourth-order valence-corrected chi connectivity index (χ4v) is 3.51. The van der Waals surface area contributed by atoms with Crippen LogP contribution in [0.1, 0.15) is 22.8 Å². The number of hydrogen-bond acceptors (Lipinski definition) is 7. The van der Waals surface area contributed by atoms with Gasteiger partial charge in [0.15, 0.2) is 0 Å². The van der Waals surface area contributed by atoms with Crippen molar-refractivity contribution in [3.63, 3.8) is 0 Å². The first kappa shape index (κ1) is 18.1. The van der Waals surface area contributed by atoms with E-state index in [2.05, 4.69) is 25.6 Å². The standard InChI is InChI=1S/C19H18N6O2S/c1-13-6-7-16(28-13)19-24-23-18(27-19)9-8-17(26)21-10-14-4-2-3-5-15(14)25-12-20-11-22-25/h2-7,11-12H,8-10H2,1H3,(H,21,26). The zero-order valence-corrected chi connectivity index (χ0v) is 16.0. The Morgan fingerprint density at radius 3 is 2.89 bits per heavy atom. The van der Waals surface area contributed by atoms with E-state index in [-0.39, 0.29) is 12.3 Å². The predicted octanol–water partition coefficient (Wildman–Crippen LogP) is 2.94. The molecule has 4 aromatic rings. The van der Waals surface area contributed by atoms with Crippen molar-refractivity contribution in [1.29, 1.82) is 0 Å². The summed E-state index contributed by atoms with van der Waals surface area (Å²) in [6.07, 6.45) is 3.78. The molecular weight excluding hydrogens is 376 g/mol. The lowest BCUT2D eigenvalue weighted by Crippen LogP contribution is -2.23. The second-order valence-corrected chi connectivity index (χ2v) is 7.44. The molecule has 3 aromatic heterocycles. The Morgan fingerprint density at radius 2 is 2.11 bits per heavy atom. The van der Waals surface area contributed by atoms with Crippen molar-refractivity contribution < 1.29 is 9.21 Å². The molecule has 0 aliphatic carbocycles. The van der Waals surface area contributed by atoms with Gasteiger partial charge in [0, 0.05) is 24.3 Å². The quantitative estimate of drug-likeness (QED) is 0.517. The molecule has 3 heterocycles. The number of amides is 1. The summed E-state index contributed by atoms with van der Waals surface area (Å²) in [5.41, 5.74) is 1.84. The summed E-state index contributed by atoms with van der Waals surface area (Å²) in [7, 11) is 0. The molecule has 4 rings (SSSR count). The number of thiophene rings is 1. The van der Waals surface area contributed by atoms with Gasteiger partial charge in [0.05, 0.1) is 10.6 Å². The number of nitrogens with one attached hydrogen (secondary N) is 1. The highest BCUT2D eigenvalue weighted by atomic mass is 32.1. The van der Waals surface area contributed by atoms with E-state index in [1.807, 2.05) is 43.3 Å². The molecule has 0 unspecified atom stereocenters. The molecule has 9 heteroatoms. The third-order valence-electron chi connectivity index (χ3n) is 4.12. The number of para-hydroxylation sites is 1. The zero-order chi connectivity index (χ0) is 19.3. The average molecular weight is 394 g/mol. The molecule has 0 radical (unpaired) electrons. The summed E-state index contributed by atoms with van der Waals surface area (Å²) in [6, 6.07) is 11.7. The number of hydrogen-bond donors (Lipinski definition) is 1. The first-order chi connectivity index (χ1) is 13.7. The molecule has 0 aliphatic heterocycles. The Labute approximate surface area is 165 Å². The van der Waals surface area contributed by atoms with Gasteiger partial charge >= 0.3 is 0 Å². The van der Waals surface area contributed by atoms with E-state index in [9.17, 15) is 4.79 Å². The second kappa shape index (κ2) is 8.13. The summed E-state index contributed by atoms with van der Waals surface area (Å²) in [6.45, 7) is 2.43. The van der Waals surface area contributed by atoms with Gasteiger partial charge < -0.3 is 9.73 Å². The third-order valence-corrected chi connectivity index (χ3v) is 5.11. The number of carbonyl (C=O) groups is 1. The van der Waals surface area contributed by atoms with Crippen molar-refractivity contribution in [2.45, 2.75) is 26.3 Å². The fourth-order valence-electron chi connectivity index (χ4n) is 2.72. The van der Waals surface area contributed by atoms with Crippen LogP contribution in [0.15, 0.2) is 53.5 Å². The molecule has 0 aliphatic rings. The molecule has 0 saturated heterocycles. The SMILES string of the molecule is Cc1ccc(-c2nnc(CCC(=O)NCc3ccccc3-n3cncn3)o2)s1. The molecule has 1 N–H and O–H groups in total. The number of aromatic nitrogens is 5. The number of benzene rings is 1. The number of nitrogens with zero attached hydrogens (tertiary/aromatic N) is 5. The largest absolute Gasteiger partial charge is 0.420 e. The molecule has 0 atom stereocenters. The van der Waals surface area contributed by atoms with Crippen LogP contribution in [-0.2, 0) is 17.8 Å². The molecule has 28 heavy (non-hydrogen) atoms. The van der Waals surface area contributed by atoms with Crippen molar-refractivity contribution in [3.8, 4) is 16.5 Å². The third kappa shape index (κ3) is 4.15. The molecule has 0 spiro atoms. The summed E-state index contributed by atoms with van der Waals surface area (Å²) in [4.78, 5) is 18.3. The van der Waals surface area contributed by atoms with Gasteiger partial charge in [-0.25, -0.2) is 9.67 Å². The average Bonchev–Trinajstić information content (AvgIpc) is 3.46. The Morgan fingerprint density at radius 1 is 1.21 bits per heavy atom. The maximum atomic E-state index is 12.2. The monoisotopic (exact) mass is 394 g/mol. The molecule has 1 amide bonds. The van der Waals surface area contributed by atoms with E-state index in [1.54, 1.807) is 22.3 Å². The summed E-state index contributed by atoms with van der Waals surface area (Å²) >= 11 is 1.60. The summed E-state index contributed by atoms with van der Waals surface area (Å²) in [5, 5.41) is 15.2. The van der Waals surface area contributed by atoms with Crippen LogP contribution in [0.4, 0.5) is 0 Å². The van der Waals surface area contributed by atoms with E-state index < -0.39 is 0 Å². The molecule has 1 aromatic carbocycles. The van der Waals surface area contributed by atoms with Gasteiger partial charge in [-0.05, 0) is 30.7 Å². The van der Waals surface area contributed by atoms with Crippen LogP contribution >= 0.6 is 11.3 Å². The van der Waals surface area contributed by atoms with Gasteiger partial charge in [0.2, 0.25) is 11.8 Å². The normalized spacial score (nSPS) is 10.9. The molecule has 0 saturated carbocycles. The van der Waals surface area contributed by atoms with E-state index in [0.717, 1.165) is 16.1 Å². The highest BCUT2D eigenvalue weighted by Crippen LogP contribution is 2.26. The molecule has 8 nitrogen and oxygen atoms in total. The Hall–Kier alpha value is -3.33. The van der Waals surface area contributed by atoms with Crippen molar-refractivity contribution in [2.75, 3.05) is 0 Å². The Bertz CT molecular complexity index is 1070. The topological polar surface area (TPSA) is 98.7 Å². The Kier molecular flexibility index (Phi) is 5.24. The first-order valence-electron chi connectivity index (χ1n) is 8.78. The highest BCUT2D eigenvalue weighted by Gasteiger charge is 2.12. The lowest BCUT2D eigenvalue weighted by molar-refractivity contribution is -0.121. The lowest BCUT2D eigenvalue weighted by Gasteiger charge is -2.10. The number of aryl methyl sites for hydroxylation is 2. The van der Waals surface area contributed by atoms with Crippen LogP contribution in [0.2, 0.25) is 0 Å². The predicted molar refractivity (Wildman–Crippen MR) is 104 cm³/mol. The Balaban J connectivity index is 1.32. The van der Waals surface area contributed by atoms with Crippen LogP contribution in [0.5, 0.6) is 0 Å². The number of rotatable bonds is 7. The minimum atomic E-state index is -0.0832. The first-order valence-corrected chi connectivity index (χ1v) is 9.59. The lowest BCUT2D eigenvalue weighted by atomic mass is 10.1. The van der Waals surface area contributed by atoms with Crippen LogP contribution in [0.25, 0.3) is 16.5 Å². The zero-order valence-electron chi connectivity index (χ0n) is 15.2. The summed E-state index contributed by atoms with van der Waals surface area (Å²) in [5.74, 6) is 0.870. The van der Waals surface area contributed by atoms with Crippen LogP contribution in [-0.4, -0.2) is 30.9 Å². The van der Waals surface area contributed by atoms with E-state index in [4.69, 9.17) is 4.42 Å². The van der Waals surface area contributed by atoms with Gasteiger partial charge in [0.1, 0.15) is 12.7 Å². The molecule has 0 bridgehead atoms. The minimum Gasteiger partial charge on any atom is -0.420 e. The summed E-state index contributed by atoms with van der Waals surface area (Å²) < 4.78 is 7.33. The molecule has 0 fully saturated rings. The van der Waals surface area contributed by atoms with Gasteiger partial charge in [-0.1, -0.05) is 18.2 Å². The maximum Gasteiger partial charge on any atom is 0.257 e.